The number of hydrogen-bond acceptors (Lipinski definition) is 3. The standard InChI is InChI=1S/C14H18Cl2N2O/c1-10(18)7-11-8-12(15)9-13(16)14(11)19-6-4-2-3-5-17/h8-10H,2-4,6-7,18H2,1H3. The van der Waals surface area contributed by atoms with Crippen LogP contribution in [0.2, 0.25) is 10.0 Å². The molecule has 0 radical (unpaired) electrons. The maximum atomic E-state index is 8.46. The summed E-state index contributed by atoms with van der Waals surface area (Å²) in [5.41, 5.74) is 6.73. The summed E-state index contributed by atoms with van der Waals surface area (Å²) in [6, 6.07) is 5.62. The van der Waals surface area contributed by atoms with Crippen LogP contribution in [0, 0.1) is 11.3 Å². The summed E-state index contributed by atoms with van der Waals surface area (Å²) in [7, 11) is 0. The molecule has 3 nitrogen and oxygen atoms in total. The normalized spacial score (nSPS) is 11.9. The second-order valence-corrected chi connectivity index (χ2v) is 5.36. The first-order valence-corrected chi connectivity index (χ1v) is 7.03. The van der Waals surface area contributed by atoms with E-state index in [1.807, 2.05) is 13.0 Å². The molecule has 5 heteroatoms. The Labute approximate surface area is 124 Å². The van der Waals surface area contributed by atoms with Crippen LogP contribution >= 0.6 is 23.2 Å². The van der Waals surface area contributed by atoms with Crippen molar-refractivity contribution in [1.29, 1.82) is 5.26 Å². The van der Waals surface area contributed by atoms with Crippen LogP contribution in [0.5, 0.6) is 5.75 Å². The minimum absolute atomic E-state index is 0.00970. The zero-order valence-corrected chi connectivity index (χ0v) is 12.5. The molecule has 0 spiro atoms. The molecule has 2 N–H and O–H groups in total. The first-order valence-electron chi connectivity index (χ1n) is 6.28. The number of nitrogens with zero attached hydrogens (tertiary/aromatic N) is 1. The molecule has 0 aliphatic heterocycles. The minimum atomic E-state index is 0.00970. The summed E-state index contributed by atoms with van der Waals surface area (Å²) in [6.07, 6.45) is 2.85. The molecule has 0 amide bonds. The van der Waals surface area contributed by atoms with E-state index in [-0.39, 0.29) is 6.04 Å². The fourth-order valence-corrected chi connectivity index (χ4v) is 2.34. The van der Waals surface area contributed by atoms with Gasteiger partial charge in [0.2, 0.25) is 0 Å². The Morgan fingerprint density at radius 2 is 2.11 bits per heavy atom. The van der Waals surface area contributed by atoms with Gasteiger partial charge in [-0.05, 0) is 43.9 Å². The van der Waals surface area contributed by atoms with E-state index in [1.165, 1.54) is 0 Å². The summed E-state index contributed by atoms with van der Waals surface area (Å²) < 4.78 is 5.71. The molecule has 0 bridgehead atoms. The molecule has 1 aromatic carbocycles. The van der Waals surface area contributed by atoms with E-state index >= 15 is 0 Å². The summed E-state index contributed by atoms with van der Waals surface area (Å²) in [6.45, 7) is 2.46. The lowest BCUT2D eigenvalue weighted by Gasteiger charge is -2.15. The molecule has 0 saturated heterocycles. The third-order valence-corrected chi connectivity index (χ3v) is 3.06. The molecule has 0 heterocycles. The highest BCUT2D eigenvalue weighted by Crippen LogP contribution is 2.33. The maximum Gasteiger partial charge on any atom is 0.141 e. The van der Waals surface area contributed by atoms with Gasteiger partial charge in [-0.2, -0.15) is 5.26 Å². The number of ether oxygens (including phenoxy) is 1. The van der Waals surface area contributed by atoms with Crippen LogP contribution in [0.3, 0.4) is 0 Å². The van der Waals surface area contributed by atoms with Crippen LogP contribution in [-0.4, -0.2) is 12.6 Å². The van der Waals surface area contributed by atoms with E-state index in [2.05, 4.69) is 6.07 Å². The van der Waals surface area contributed by atoms with E-state index < -0.39 is 0 Å². The second kappa shape index (κ2) is 8.27. The molecule has 0 aromatic heterocycles. The Morgan fingerprint density at radius 3 is 2.74 bits per heavy atom. The number of hydrogen-bond donors (Lipinski definition) is 1. The number of halogens is 2. The average molecular weight is 301 g/mol. The summed E-state index contributed by atoms with van der Waals surface area (Å²) in [5.74, 6) is 0.653. The van der Waals surface area contributed by atoms with Crippen LogP contribution < -0.4 is 10.5 Å². The molecular formula is C14H18Cl2N2O. The molecule has 1 atom stereocenters. The van der Waals surface area contributed by atoms with Gasteiger partial charge >= 0.3 is 0 Å². The molecule has 1 aromatic rings. The van der Waals surface area contributed by atoms with Crippen LogP contribution in [0.15, 0.2) is 12.1 Å². The van der Waals surface area contributed by atoms with Gasteiger partial charge in [0.05, 0.1) is 17.7 Å². The lowest BCUT2D eigenvalue weighted by molar-refractivity contribution is 0.304. The predicted octanol–water partition coefficient (Wildman–Crippen LogP) is 3.96. The van der Waals surface area contributed by atoms with E-state index in [9.17, 15) is 0 Å². The topological polar surface area (TPSA) is 59.0 Å². The maximum absolute atomic E-state index is 8.46. The highest BCUT2D eigenvalue weighted by molar-refractivity contribution is 6.35. The molecule has 19 heavy (non-hydrogen) atoms. The van der Waals surface area contributed by atoms with Crippen LogP contribution in [-0.2, 0) is 6.42 Å². The zero-order chi connectivity index (χ0) is 14.3. The lowest BCUT2D eigenvalue weighted by Crippen LogP contribution is -2.18. The fraction of sp³-hybridized carbons (Fsp3) is 0.500. The Hall–Kier alpha value is -0.950. The zero-order valence-electron chi connectivity index (χ0n) is 11.0. The van der Waals surface area contributed by atoms with Crippen molar-refractivity contribution in [3.8, 4) is 11.8 Å². The second-order valence-electron chi connectivity index (χ2n) is 4.52. The Bertz CT molecular complexity index is 455. The monoisotopic (exact) mass is 300 g/mol. The third kappa shape index (κ3) is 5.69. The van der Waals surface area contributed by atoms with Gasteiger partial charge in [-0.25, -0.2) is 0 Å². The summed E-state index contributed by atoms with van der Waals surface area (Å²) >= 11 is 12.1. The highest BCUT2D eigenvalue weighted by Gasteiger charge is 2.12. The van der Waals surface area contributed by atoms with Crippen molar-refractivity contribution in [3.63, 3.8) is 0 Å². The number of nitriles is 1. The number of benzene rings is 1. The van der Waals surface area contributed by atoms with Crippen LogP contribution in [0.4, 0.5) is 0 Å². The number of unbranched alkanes of at least 4 members (excludes halogenated alkanes) is 2. The van der Waals surface area contributed by atoms with Gasteiger partial charge < -0.3 is 10.5 Å². The van der Waals surface area contributed by atoms with Crippen molar-refractivity contribution < 1.29 is 4.74 Å². The van der Waals surface area contributed by atoms with Gasteiger partial charge in [-0.1, -0.05) is 23.2 Å². The Kier molecular flexibility index (Phi) is 7.01. The fourth-order valence-electron chi connectivity index (χ4n) is 1.75. The van der Waals surface area contributed by atoms with Crippen molar-refractivity contribution in [2.75, 3.05) is 6.61 Å². The van der Waals surface area contributed by atoms with Gasteiger partial charge in [0.15, 0.2) is 0 Å². The van der Waals surface area contributed by atoms with E-state index in [0.717, 1.165) is 18.4 Å². The molecule has 104 valence electrons. The molecular weight excluding hydrogens is 283 g/mol. The summed E-state index contributed by atoms with van der Waals surface area (Å²) in [4.78, 5) is 0. The molecule has 0 aliphatic carbocycles. The minimum Gasteiger partial charge on any atom is -0.492 e. The Balaban J connectivity index is 2.71. The lowest BCUT2D eigenvalue weighted by atomic mass is 10.1. The van der Waals surface area contributed by atoms with Gasteiger partial charge in [0.1, 0.15) is 5.75 Å². The van der Waals surface area contributed by atoms with Crippen molar-refractivity contribution in [2.24, 2.45) is 5.73 Å². The van der Waals surface area contributed by atoms with Gasteiger partial charge in [0.25, 0.3) is 0 Å². The summed E-state index contributed by atoms with van der Waals surface area (Å²) in [5, 5.41) is 9.54. The quantitative estimate of drug-likeness (QED) is 0.776. The molecule has 0 saturated carbocycles. The SMILES string of the molecule is CC(N)Cc1cc(Cl)cc(Cl)c1OCCCCC#N. The number of nitrogens with two attached hydrogens (primary N) is 1. The predicted molar refractivity (Wildman–Crippen MR) is 78.8 cm³/mol. The smallest absolute Gasteiger partial charge is 0.141 e. The molecule has 0 aliphatic rings. The van der Waals surface area contributed by atoms with Gasteiger partial charge in [-0.3, -0.25) is 0 Å². The molecule has 1 unspecified atom stereocenters. The van der Waals surface area contributed by atoms with Gasteiger partial charge in [0, 0.05) is 17.5 Å². The van der Waals surface area contributed by atoms with E-state index in [0.29, 0.717) is 35.2 Å². The number of rotatable bonds is 7. The van der Waals surface area contributed by atoms with Crippen molar-refractivity contribution in [2.45, 2.75) is 38.6 Å². The molecule has 0 fully saturated rings. The van der Waals surface area contributed by atoms with Crippen molar-refractivity contribution >= 4 is 23.2 Å². The third-order valence-electron chi connectivity index (χ3n) is 2.56. The van der Waals surface area contributed by atoms with Gasteiger partial charge in [-0.15, -0.1) is 0 Å². The first-order chi connectivity index (χ1) is 9.04. The van der Waals surface area contributed by atoms with Crippen molar-refractivity contribution in [1.82, 2.24) is 0 Å². The Morgan fingerprint density at radius 1 is 1.37 bits per heavy atom. The van der Waals surface area contributed by atoms with Crippen LogP contribution in [0.25, 0.3) is 0 Å². The van der Waals surface area contributed by atoms with E-state index in [4.69, 9.17) is 38.9 Å². The highest BCUT2D eigenvalue weighted by atomic mass is 35.5. The first kappa shape index (κ1) is 16.1. The van der Waals surface area contributed by atoms with Crippen molar-refractivity contribution in [3.05, 3.63) is 27.7 Å². The van der Waals surface area contributed by atoms with E-state index in [1.54, 1.807) is 6.07 Å². The molecule has 1 rings (SSSR count). The largest absolute Gasteiger partial charge is 0.492 e. The van der Waals surface area contributed by atoms with Crippen LogP contribution in [0.1, 0.15) is 31.7 Å². The average Bonchev–Trinajstić information content (AvgIpc) is 2.30.